The van der Waals surface area contributed by atoms with E-state index in [0.29, 0.717) is 5.69 Å². The van der Waals surface area contributed by atoms with Gasteiger partial charge in [-0.3, -0.25) is 4.79 Å². The molecule has 0 aliphatic carbocycles. The molecule has 3 rings (SSSR count). The monoisotopic (exact) mass is 406 g/mol. The normalized spacial score (nSPS) is 11.6. The molecule has 1 aromatic heterocycles. The Morgan fingerprint density at radius 3 is 2.69 bits per heavy atom. The molecule has 3 aromatic rings. The highest BCUT2D eigenvalue weighted by Gasteiger charge is 2.15. The van der Waals surface area contributed by atoms with Crippen LogP contribution in [0.2, 0.25) is 0 Å². The molecule has 0 atom stereocenters. The summed E-state index contributed by atoms with van der Waals surface area (Å²) in [5, 5.41) is 2.77. The first-order valence-electron chi connectivity index (χ1n) is 7.94. The Kier molecular flexibility index (Phi) is 5.95. The van der Waals surface area contributed by atoms with Crippen LogP contribution in [0.1, 0.15) is 12.0 Å². The number of hydrogen-bond acceptors (Lipinski definition) is 6. The van der Waals surface area contributed by atoms with Crippen LogP contribution in [0, 0.1) is 0 Å². The summed E-state index contributed by atoms with van der Waals surface area (Å²) in [6.45, 7) is 0. The maximum atomic E-state index is 12.2. The Balaban J connectivity index is 1.58. The Bertz CT molecular complexity index is 1010. The van der Waals surface area contributed by atoms with E-state index in [2.05, 4.69) is 10.3 Å². The lowest BCUT2D eigenvalue weighted by molar-refractivity contribution is -0.115. The first-order chi connectivity index (χ1) is 12.4. The number of thioether (sulfide) groups is 1. The molecule has 0 saturated heterocycles. The molecule has 0 fully saturated rings. The molecule has 0 radical (unpaired) electrons. The molecule has 8 heteroatoms. The number of carbonyl (C=O) groups excluding carboxylic acids is 1. The van der Waals surface area contributed by atoms with E-state index in [1.165, 1.54) is 0 Å². The number of hydrogen-bond donors (Lipinski definition) is 1. The van der Waals surface area contributed by atoms with Gasteiger partial charge < -0.3 is 5.32 Å². The predicted molar refractivity (Wildman–Crippen MR) is 109 cm³/mol. The number of anilines is 1. The van der Waals surface area contributed by atoms with Crippen LogP contribution in [0.5, 0.6) is 0 Å². The summed E-state index contributed by atoms with van der Waals surface area (Å²) in [5.74, 6) is -0.533. The molecule has 5 nitrogen and oxygen atoms in total. The van der Waals surface area contributed by atoms with Crippen molar-refractivity contribution in [2.45, 2.75) is 16.5 Å². The van der Waals surface area contributed by atoms with Crippen LogP contribution in [0.15, 0.2) is 52.9 Å². The zero-order valence-corrected chi connectivity index (χ0v) is 16.6. The predicted octanol–water partition coefficient (Wildman–Crippen LogP) is 3.96. The van der Waals surface area contributed by atoms with Gasteiger partial charge in [0.15, 0.2) is 14.2 Å². The molecule has 26 heavy (non-hydrogen) atoms. The van der Waals surface area contributed by atoms with Crippen LogP contribution in [0.4, 0.5) is 5.69 Å². The van der Waals surface area contributed by atoms with Crippen molar-refractivity contribution in [3.63, 3.8) is 0 Å². The summed E-state index contributed by atoms with van der Waals surface area (Å²) in [5.41, 5.74) is 2.27. The first-order valence-corrected chi connectivity index (χ1v) is 11.8. The van der Waals surface area contributed by atoms with Crippen LogP contribution in [0.3, 0.4) is 0 Å². The van der Waals surface area contributed by atoms with Gasteiger partial charge in [0.05, 0.1) is 21.7 Å². The van der Waals surface area contributed by atoms with E-state index < -0.39 is 9.84 Å². The van der Waals surface area contributed by atoms with Crippen LogP contribution in [-0.2, 0) is 20.4 Å². The molecule has 2 aromatic carbocycles. The van der Waals surface area contributed by atoms with Crippen LogP contribution in [-0.4, -0.2) is 31.3 Å². The van der Waals surface area contributed by atoms with Crippen molar-refractivity contribution in [2.24, 2.45) is 0 Å². The summed E-state index contributed by atoms with van der Waals surface area (Å²) in [6.07, 6.45) is 1.91. The van der Waals surface area contributed by atoms with Gasteiger partial charge in [0.2, 0.25) is 5.91 Å². The molecular formula is C18H18N2O3S3. The number of carbonyl (C=O) groups is 1. The molecule has 1 N–H and O–H groups in total. The minimum Gasteiger partial charge on any atom is -0.326 e. The van der Waals surface area contributed by atoms with Crippen LogP contribution < -0.4 is 5.32 Å². The molecule has 0 spiro atoms. The zero-order valence-electron chi connectivity index (χ0n) is 14.1. The number of thiazole rings is 1. The highest BCUT2D eigenvalue weighted by Crippen LogP contribution is 2.30. The van der Waals surface area contributed by atoms with Crippen molar-refractivity contribution in [3.05, 3.63) is 54.1 Å². The number of fused-ring (bicyclic) bond motifs is 1. The summed E-state index contributed by atoms with van der Waals surface area (Å²) in [6, 6.07) is 14.5. The van der Waals surface area contributed by atoms with E-state index in [1.807, 2.05) is 24.5 Å². The van der Waals surface area contributed by atoms with Gasteiger partial charge in [-0.2, -0.15) is 0 Å². The summed E-state index contributed by atoms with van der Waals surface area (Å²) in [7, 11) is -3.33. The molecule has 1 amide bonds. The van der Waals surface area contributed by atoms with Crippen LogP contribution >= 0.6 is 23.1 Å². The number of benzene rings is 2. The van der Waals surface area contributed by atoms with Gasteiger partial charge in [-0.25, -0.2) is 13.4 Å². The highest BCUT2D eigenvalue weighted by atomic mass is 32.2. The lowest BCUT2D eigenvalue weighted by atomic mass is 10.2. The number of nitrogens with one attached hydrogen (secondary N) is 1. The quantitative estimate of drug-likeness (QED) is 0.601. The molecule has 1 heterocycles. The summed E-state index contributed by atoms with van der Waals surface area (Å²) in [4.78, 5) is 16.6. The third kappa shape index (κ3) is 5.06. The van der Waals surface area contributed by atoms with Crippen molar-refractivity contribution in [3.8, 4) is 0 Å². The Morgan fingerprint density at radius 1 is 1.19 bits per heavy atom. The molecule has 0 bridgehead atoms. The number of rotatable bonds is 7. The number of sulfone groups is 1. The van der Waals surface area contributed by atoms with Crippen molar-refractivity contribution < 1.29 is 13.2 Å². The Hall–Kier alpha value is -1.90. The number of nitrogens with zero attached hydrogens (tertiary/aromatic N) is 1. The molecule has 136 valence electrons. The Labute approximate surface area is 160 Å². The SMILES string of the molecule is CSc1nc2ccc(NC(=O)CCS(=O)(=O)Cc3ccccc3)cc2s1. The van der Waals surface area contributed by atoms with Gasteiger partial charge >= 0.3 is 0 Å². The number of amides is 1. The minimum atomic E-state index is -3.33. The van der Waals surface area contributed by atoms with E-state index in [-0.39, 0.29) is 23.8 Å². The standard InChI is InChI=1S/C18H18N2O3S3/c1-24-18-20-15-8-7-14(11-16(15)25-18)19-17(21)9-10-26(22,23)12-13-5-3-2-4-6-13/h2-8,11H,9-10,12H2,1H3,(H,19,21). The first kappa shape index (κ1) is 18.9. The topological polar surface area (TPSA) is 76.1 Å². The maximum absolute atomic E-state index is 12.2. The third-order valence-electron chi connectivity index (χ3n) is 3.70. The largest absolute Gasteiger partial charge is 0.326 e. The second-order valence-electron chi connectivity index (χ2n) is 5.74. The van der Waals surface area contributed by atoms with E-state index in [1.54, 1.807) is 53.4 Å². The van der Waals surface area contributed by atoms with E-state index in [0.717, 1.165) is 20.1 Å². The minimum absolute atomic E-state index is 0.0502. The van der Waals surface area contributed by atoms with Gasteiger partial charge in [0.1, 0.15) is 0 Å². The van der Waals surface area contributed by atoms with Gasteiger partial charge in [0.25, 0.3) is 0 Å². The Morgan fingerprint density at radius 2 is 1.96 bits per heavy atom. The third-order valence-corrected chi connectivity index (χ3v) is 7.30. The lowest BCUT2D eigenvalue weighted by Crippen LogP contribution is -2.18. The molecule has 0 aliphatic heterocycles. The van der Waals surface area contributed by atoms with Gasteiger partial charge in [-0.1, -0.05) is 42.1 Å². The molecule has 0 saturated carbocycles. The van der Waals surface area contributed by atoms with Crippen molar-refractivity contribution in [1.29, 1.82) is 0 Å². The summed E-state index contributed by atoms with van der Waals surface area (Å²) < 4.78 is 26.3. The molecular weight excluding hydrogens is 388 g/mol. The fourth-order valence-corrected chi connectivity index (χ4v) is 5.31. The highest BCUT2D eigenvalue weighted by molar-refractivity contribution is 8.00. The summed E-state index contributed by atoms with van der Waals surface area (Å²) >= 11 is 3.14. The molecule has 0 aliphatic rings. The van der Waals surface area contributed by atoms with Crippen molar-refractivity contribution >= 4 is 54.7 Å². The lowest BCUT2D eigenvalue weighted by Gasteiger charge is -2.06. The van der Waals surface area contributed by atoms with Gasteiger partial charge in [-0.15, -0.1) is 11.3 Å². The maximum Gasteiger partial charge on any atom is 0.225 e. The smallest absolute Gasteiger partial charge is 0.225 e. The average Bonchev–Trinajstić information content (AvgIpc) is 3.03. The van der Waals surface area contributed by atoms with E-state index >= 15 is 0 Å². The fraction of sp³-hybridized carbons (Fsp3) is 0.222. The van der Waals surface area contributed by atoms with E-state index in [4.69, 9.17) is 0 Å². The average molecular weight is 407 g/mol. The van der Waals surface area contributed by atoms with Crippen molar-refractivity contribution in [1.82, 2.24) is 4.98 Å². The fourth-order valence-electron chi connectivity index (χ4n) is 2.44. The molecule has 0 unspecified atom stereocenters. The van der Waals surface area contributed by atoms with Crippen LogP contribution in [0.25, 0.3) is 10.2 Å². The van der Waals surface area contributed by atoms with Crippen molar-refractivity contribution in [2.75, 3.05) is 17.3 Å². The second kappa shape index (κ2) is 8.20. The van der Waals surface area contributed by atoms with Gasteiger partial charge in [-0.05, 0) is 30.0 Å². The zero-order chi connectivity index (χ0) is 18.6. The van der Waals surface area contributed by atoms with E-state index in [9.17, 15) is 13.2 Å². The second-order valence-corrected chi connectivity index (χ2v) is 10.0. The van der Waals surface area contributed by atoms with Gasteiger partial charge in [0, 0.05) is 12.1 Å². The number of aromatic nitrogens is 1.